The Labute approximate surface area is 132 Å². The molecule has 0 aromatic carbocycles. The molecule has 118 valence electrons. The van der Waals surface area contributed by atoms with E-state index < -0.39 is 39.2 Å². The zero-order valence-corrected chi connectivity index (χ0v) is 12.2. The highest BCUT2D eigenvalue weighted by Crippen LogP contribution is 2.33. The van der Waals surface area contributed by atoms with E-state index in [2.05, 4.69) is 4.98 Å². The lowest BCUT2D eigenvalue weighted by Gasteiger charge is -2.20. The number of aliphatic carboxylic acids is 1. The predicted octanol–water partition coefficient (Wildman–Crippen LogP) is 0.410. The van der Waals surface area contributed by atoms with Crippen molar-refractivity contribution < 1.29 is 14.8 Å². The number of hydrogen-bond acceptors (Lipinski definition) is 8. The smallest absolute Gasteiger partial charge is 0.357 e. The van der Waals surface area contributed by atoms with Crippen LogP contribution in [0.5, 0.6) is 0 Å². The molecule has 2 rings (SSSR count). The van der Waals surface area contributed by atoms with Gasteiger partial charge in [0.15, 0.2) is 5.69 Å². The Bertz CT molecular complexity index is 869. The van der Waals surface area contributed by atoms with Crippen LogP contribution in [-0.2, 0) is 16.6 Å². The fourth-order valence-electron chi connectivity index (χ4n) is 2.03. The van der Waals surface area contributed by atoms with Crippen molar-refractivity contribution >= 4 is 28.9 Å². The Balaban J connectivity index is 2.80. The number of nitrogen functional groups attached to an aromatic ring is 1. The standard InChI is InChI=1S/C12H9N5O5S/c13-5-12(10(19)20,4-6-2-1-3-23-6)8-7(17(21)22)9(18)16-11(14)15-8/h1-3H,4H2,(H,19,20)(H3,14,15,16,18). The normalized spacial score (nSPS) is 13.0. The minimum absolute atomic E-state index is 0.382. The molecule has 0 aliphatic heterocycles. The number of nitriles is 1. The molecule has 0 amide bonds. The van der Waals surface area contributed by atoms with Crippen molar-refractivity contribution in [2.45, 2.75) is 11.8 Å². The number of anilines is 1. The van der Waals surface area contributed by atoms with Gasteiger partial charge in [0.2, 0.25) is 11.4 Å². The molecule has 0 bridgehead atoms. The first-order valence-corrected chi connectivity index (χ1v) is 6.91. The molecule has 2 heterocycles. The van der Waals surface area contributed by atoms with E-state index in [1.54, 1.807) is 23.6 Å². The molecule has 0 aliphatic carbocycles. The summed E-state index contributed by atoms with van der Waals surface area (Å²) in [7, 11) is 0. The summed E-state index contributed by atoms with van der Waals surface area (Å²) in [4.78, 5) is 39.6. The molecule has 0 saturated carbocycles. The Morgan fingerprint density at radius 2 is 2.35 bits per heavy atom. The molecule has 10 nitrogen and oxygen atoms in total. The maximum absolute atomic E-state index is 11.8. The Morgan fingerprint density at radius 1 is 1.65 bits per heavy atom. The number of nitro groups is 1. The number of carboxylic acid groups (broad SMARTS) is 1. The summed E-state index contributed by atoms with van der Waals surface area (Å²) in [6, 6.07) is 4.76. The van der Waals surface area contributed by atoms with Gasteiger partial charge in [-0.15, -0.1) is 11.3 Å². The van der Waals surface area contributed by atoms with E-state index >= 15 is 0 Å². The van der Waals surface area contributed by atoms with Crippen molar-refractivity contribution in [2.75, 3.05) is 5.73 Å². The lowest BCUT2D eigenvalue weighted by atomic mass is 9.81. The molecule has 23 heavy (non-hydrogen) atoms. The van der Waals surface area contributed by atoms with E-state index in [0.717, 1.165) is 0 Å². The molecule has 0 aliphatic rings. The molecular formula is C12H9N5O5S. The highest BCUT2D eigenvalue weighted by Gasteiger charge is 2.49. The monoisotopic (exact) mass is 335 g/mol. The van der Waals surface area contributed by atoms with Crippen molar-refractivity contribution in [1.29, 1.82) is 5.26 Å². The molecule has 0 spiro atoms. The number of nitrogens with two attached hydrogens (primary N) is 1. The average molecular weight is 335 g/mol. The van der Waals surface area contributed by atoms with Crippen molar-refractivity contribution in [3.8, 4) is 6.07 Å². The van der Waals surface area contributed by atoms with E-state index in [1.807, 2.05) is 4.98 Å². The molecule has 1 unspecified atom stereocenters. The van der Waals surface area contributed by atoms with Gasteiger partial charge in [0.25, 0.3) is 0 Å². The summed E-state index contributed by atoms with van der Waals surface area (Å²) in [5.74, 6) is -2.17. The first-order chi connectivity index (χ1) is 10.8. The minimum Gasteiger partial charge on any atom is -0.480 e. The maximum Gasteiger partial charge on any atom is 0.357 e. The summed E-state index contributed by atoms with van der Waals surface area (Å²) < 4.78 is 0. The lowest BCUT2D eigenvalue weighted by molar-refractivity contribution is -0.387. The fourth-order valence-corrected chi connectivity index (χ4v) is 2.82. The molecule has 2 aromatic rings. The van der Waals surface area contributed by atoms with Gasteiger partial charge in [0, 0.05) is 11.3 Å². The van der Waals surface area contributed by atoms with Gasteiger partial charge in [-0.3, -0.25) is 24.7 Å². The van der Waals surface area contributed by atoms with Crippen LogP contribution in [0.1, 0.15) is 10.6 Å². The number of aromatic nitrogens is 2. The first-order valence-electron chi connectivity index (χ1n) is 6.03. The van der Waals surface area contributed by atoms with Crippen LogP contribution >= 0.6 is 11.3 Å². The van der Waals surface area contributed by atoms with Crippen LogP contribution in [-0.4, -0.2) is 26.0 Å². The second kappa shape index (κ2) is 5.85. The van der Waals surface area contributed by atoms with Crippen molar-refractivity contribution in [1.82, 2.24) is 9.97 Å². The summed E-state index contributed by atoms with van der Waals surface area (Å²) >= 11 is 1.17. The average Bonchev–Trinajstić information content (AvgIpc) is 2.95. The number of thiophene rings is 1. The number of nitrogens with one attached hydrogen (secondary N) is 1. The van der Waals surface area contributed by atoms with Gasteiger partial charge in [-0.25, -0.2) is 4.98 Å². The molecule has 11 heteroatoms. The van der Waals surface area contributed by atoms with Gasteiger partial charge in [-0.05, 0) is 11.4 Å². The lowest BCUT2D eigenvalue weighted by Crippen LogP contribution is -2.40. The van der Waals surface area contributed by atoms with E-state index in [0.29, 0.717) is 4.88 Å². The van der Waals surface area contributed by atoms with Crippen LogP contribution in [0.15, 0.2) is 22.3 Å². The van der Waals surface area contributed by atoms with Crippen LogP contribution in [0, 0.1) is 21.4 Å². The van der Waals surface area contributed by atoms with Gasteiger partial charge in [-0.2, -0.15) is 5.26 Å². The molecule has 0 radical (unpaired) electrons. The number of nitrogens with zero attached hydrogens (tertiary/aromatic N) is 3. The largest absolute Gasteiger partial charge is 0.480 e. The third-order valence-electron chi connectivity index (χ3n) is 3.08. The summed E-state index contributed by atoms with van der Waals surface area (Å²) in [6.45, 7) is 0. The number of rotatable bonds is 5. The number of carboxylic acids is 1. The molecular weight excluding hydrogens is 326 g/mol. The summed E-state index contributed by atoms with van der Waals surface area (Å²) in [5, 5.41) is 31.8. The number of hydrogen-bond donors (Lipinski definition) is 3. The number of carbonyl (C=O) groups is 1. The second-order valence-electron chi connectivity index (χ2n) is 4.48. The minimum atomic E-state index is -2.41. The van der Waals surface area contributed by atoms with Gasteiger partial charge in [0.05, 0.1) is 11.0 Å². The topological polar surface area (TPSA) is 176 Å². The summed E-state index contributed by atoms with van der Waals surface area (Å²) in [5.41, 5.74) is -0.157. The maximum atomic E-state index is 11.8. The van der Waals surface area contributed by atoms with Crippen molar-refractivity contribution in [3.63, 3.8) is 0 Å². The Hall–Kier alpha value is -3.26. The number of H-pyrrole nitrogens is 1. The van der Waals surface area contributed by atoms with Crippen molar-refractivity contribution in [2.24, 2.45) is 0 Å². The first kappa shape index (κ1) is 16.1. The highest BCUT2D eigenvalue weighted by atomic mass is 32.1. The highest BCUT2D eigenvalue weighted by molar-refractivity contribution is 7.09. The third-order valence-corrected chi connectivity index (χ3v) is 3.95. The van der Waals surface area contributed by atoms with Gasteiger partial charge < -0.3 is 10.8 Å². The van der Waals surface area contributed by atoms with Crippen LogP contribution in [0.25, 0.3) is 0 Å². The molecule has 0 fully saturated rings. The fraction of sp³-hybridized carbons (Fsp3) is 0.167. The van der Waals surface area contributed by atoms with E-state index in [9.17, 15) is 30.1 Å². The van der Waals surface area contributed by atoms with Crippen LogP contribution in [0.2, 0.25) is 0 Å². The third kappa shape index (κ3) is 2.74. The Morgan fingerprint density at radius 3 is 2.83 bits per heavy atom. The number of aromatic amines is 1. The van der Waals surface area contributed by atoms with Crippen molar-refractivity contribution in [3.05, 3.63) is 48.6 Å². The predicted molar refractivity (Wildman–Crippen MR) is 78.9 cm³/mol. The summed E-state index contributed by atoms with van der Waals surface area (Å²) in [6.07, 6.45) is -0.382. The van der Waals surface area contributed by atoms with Gasteiger partial charge in [-0.1, -0.05) is 6.07 Å². The van der Waals surface area contributed by atoms with Gasteiger partial charge >= 0.3 is 17.2 Å². The molecule has 0 saturated heterocycles. The van der Waals surface area contributed by atoms with Crippen LogP contribution in [0.3, 0.4) is 0 Å². The quantitative estimate of drug-likeness (QED) is 0.519. The van der Waals surface area contributed by atoms with E-state index in [1.165, 1.54) is 11.3 Å². The van der Waals surface area contributed by atoms with Gasteiger partial charge in [0.1, 0.15) is 0 Å². The molecule has 1 atom stereocenters. The molecule has 4 N–H and O–H groups in total. The second-order valence-corrected chi connectivity index (χ2v) is 5.52. The van der Waals surface area contributed by atoms with Crippen LogP contribution in [0.4, 0.5) is 11.6 Å². The molecule has 2 aromatic heterocycles. The van der Waals surface area contributed by atoms with E-state index in [4.69, 9.17) is 5.73 Å². The van der Waals surface area contributed by atoms with E-state index in [-0.39, 0.29) is 6.42 Å². The van der Waals surface area contributed by atoms with Crippen LogP contribution < -0.4 is 11.3 Å². The Kier molecular flexibility index (Phi) is 4.10. The zero-order chi connectivity index (χ0) is 17.2. The SMILES string of the molecule is N#CC(Cc1cccs1)(C(=O)O)c1nc(N)[nH]c(=O)c1[N+](=O)[O-]. The zero-order valence-electron chi connectivity index (χ0n) is 11.3.